The largest absolute Gasteiger partial charge is 0.486 e. The predicted molar refractivity (Wildman–Crippen MR) is 163 cm³/mol. The van der Waals surface area contributed by atoms with Gasteiger partial charge in [-0.15, -0.1) is 11.3 Å². The number of hydrogen-bond acceptors (Lipinski definition) is 11. The van der Waals surface area contributed by atoms with Crippen molar-refractivity contribution in [1.82, 2.24) is 20.3 Å². The monoisotopic (exact) mass is 595 g/mol. The van der Waals surface area contributed by atoms with Crippen molar-refractivity contribution in [2.24, 2.45) is 0 Å². The second-order valence-electron chi connectivity index (χ2n) is 10.3. The van der Waals surface area contributed by atoms with Gasteiger partial charge in [-0.2, -0.15) is 5.26 Å². The number of carbonyl (C=O) groups excluding carboxylic acids is 2. The van der Waals surface area contributed by atoms with Crippen LogP contribution in [0.3, 0.4) is 0 Å². The van der Waals surface area contributed by atoms with Crippen molar-refractivity contribution in [2.75, 3.05) is 36.9 Å². The fraction of sp³-hybridized carbons (Fsp3) is 0.290. The highest BCUT2D eigenvalue weighted by atomic mass is 32.1. The maximum Gasteiger partial charge on any atom is 0.248 e. The molecule has 3 N–H and O–H groups in total. The van der Waals surface area contributed by atoms with Crippen molar-refractivity contribution in [1.29, 1.82) is 5.26 Å². The number of nitrogens with one attached hydrogen (secondary N) is 3. The van der Waals surface area contributed by atoms with E-state index in [9.17, 15) is 14.9 Å². The molecule has 218 valence electrons. The first-order chi connectivity index (χ1) is 21.1. The summed E-state index contributed by atoms with van der Waals surface area (Å²) in [7, 11) is 0. The molecule has 6 rings (SSSR count). The van der Waals surface area contributed by atoms with Crippen LogP contribution in [0.1, 0.15) is 40.3 Å². The Labute approximate surface area is 252 Å². The van der Waals surface area contributed by atoms with Crippen LogP contribution in [0.2, 0.25) is 0 Å². The van der Waals surface area contributed by atoms with Gasteiger partial charge in [-0.3, -0.25) is 14.6 Å². The highest BCUT2D eigenvalue weighted by Gasteiger charge is 2.22. The standard InChI is InChI=1S/C31H29N7O4S/c32-14-20-15-34-24-12-27(42-22-5-8-41-18-22)25(38-30(40)10-19-3-6-33-7-4-19)11-23(24)31(20)37-21-16-35-29(36-17-21)13-26(39)28-2-1-9-43-28/h1-2,9-12,15-17,22,33H,3-8,13,18H2,(H,34,37)(H,38,40). The molecule has 43 heavy (non-hydrogen) atoms. The van der Waals surface area contributed by atoms with Crippen molar-refractivity contribution in [2.45, 2.75) is 31.8 Å². The number of ketones is 1. The molecule has 12 heteroatoms. The summed E-state index contributed by atoms with van der Waals surface area (Å²) >= 11 is 1.38. The number of Topliss-reactive ketones (excluding diaryl/α,β-unsaturated/α-hetero) is 1. The Hall–Kier alpha value is -4.70. The Morgan fingerprint density at radius 3 is 2.74 bits per heavy atom. The predicted octanol–water partition coefficient (Wildman–Crippen LogP) is 4.54. The van der Waals surface area contributed by atoms with Gasteiger partial charge in [0.15, 0.2) is 5.78 Å². The van der Waals surface area contributed by atoms with Gasteiger partial charge in [-0.05, 0) is 43.4 Å². The number of benzene rings is 1. The van der Waals surface area contributed by atoms with E-state index in [0.717, 1.165) is 37.9 Å². The van der Waals surface area contributed by atoms with Gasteiger partial charge < -0.3 is 25.4 Å². The first kappa shape index (κ1) is 28.4. The molecule has 4 aromatic rings. The summed E-state index contributed by atoms with van der Waals surface area (Å²) in [5.74, 6) is 0.583. The topological polar surface area (TPSA) is 151 Å². The molecule has 0 aliphatic carbocycles. The molecule has 0 saturated carbocycles. The summed E-state index contributed by atoms with van der Waals surface area (Å²) in [6, 6.07) is 9.33. The summed E-state index contributed by atoms with van der Waals surface area (Å²) in [6.45, 7) is 2.77. The molecular formula is C31H29N7O4S. The lowest BCUT2D eigenvalue weighted by atomic mass is 10.0. The van der Waals surface area contributed by atoms with Crippen molar-refractivity contribution < 1.29 is 19.1 Å². The zero-order chi connectivity index (χ0) is 29.6. The number of pyridine rings is 1. The lowest BCUT2D eigenvalue weighted by molar-refractivity contribution is -0.112. The molecule has 0 radical (unpaired) electrons. The SMILES string of the molecule is N#Cc1cnc2cc(OC3CCOC3)c(NC(=O)C=C3CCNCC3)cc2c1Nc1cnc(CC(=O)c2cccs2)nc1. The molecule has 11 nitrogen and oxygen atoms in total. The molecular weight excluding hydrogens is 566 g/mol. The number of aromatic nitrogens is 3. The zero-order valence-corrected chi connectivity index (χ0v) is 24.1. The molecule has 1 aromatic carbocycles. The fourth-order valence-corrected chi connectivity index (χ4v) is 5.65. The average molecular weight is 596 g/mol. The van der Waals surface area contributed by atoms with Crippen molar-refractivity contribution in [3.05, 3.63) is 76.2 Å². The molecule has 2 fully saturated rings. The maximum atomic E-state index is 13.1. The summed E-state index contributed by atoms with van der Waals surface area (Å²) in [4.78, 5) is 39.4. The number of piperidine rings is 1. The molecule has 1 unspecified atom stereocenters. The highest BCUT2D eigenvalue weighted by molar-refractivity contribution is 7.12. The van der Waals surface area contributed by atoms with E-state index in [4.69, 9.17) is 9.47 Å². The second-order valence-corrected chi connectivity index (χ2v) is 11.2. The first-order valence-electron chi connectivity index (χ1n) is 14.0. The van der Waals surface area contributed by atoms with Crippen molar-refractivity contribution >= 4 is 51.0 Å². The molecule has 2 saturated heterocycles. The van der Waals surface area contributed by atoms with Gasteiger partial charge in [0.25, 0.3) is 0 Å². The van der Waals surface area contributed by atoms with Gasteiger partial charge in [0.1, 0.15) is 23.7 Å². The number of rotatable bonds is 9. The number of fused-ring (bicyclic) bond motifs is 1. The van der Waals surface area contributed by atoms with Crippen LogP contribution in [0.15, 0.2) is 59.9 Å². The molecule has 1 amide bonds. The minimum absolute atomic E-state index is 0.0461. The Balaban J connectivity index is 1.31. The van der Waals surface area contributed by atoms with Crippen LogP contribution >= 0.6 is 11.3 Å². The van der Waals surface area contributed by atoms with E-state index < -0.39 is 0 Å². The zero-order valence-electron chi connectivity index (χ0n) is 23.3. The van der Waals surface area contributed by atoms with Crippen molar-refractivity contribution in [3.63, 3.8) is 0 Å². The third-order valence-corrected chi connectivity index (χ3v) is 8.11. The number of thiophene rings is 1. The van der Waals surface area contributed by atoms with Gasteiger partial charge in [-0.1, -0.05) is 11.6 Å². The smallest absolute Gasteiger partial charge is 0.248 e. The number of nitrogens with zero attached hydrogens (tertiary/aromatic N) is 4. The third-order valence-electron chi connectivity index (χ3n) is 7.20. The molecule has 2 aliphatic rings. The minimum Gasteiger partial charge on any atom is -0.486 e. The quantitative estimate of drug-likeness (QED) is 0.186. The molecule has 0 spiro atoms. The van der Waals surface area contributed by atoms with Gasteiger partial charge in [0, 0.05) is 30.1 Å². The van der Waals surface area contributed by atoms with E-state index in [1.165, 1.54) is 17.5 Å². The summed E-state index contributed by atoms with van der Waals surface area (Å²) in [5, 5.41) is 21.9. The number of amides is 1. The van der Waals surface area contributed by atoms with Crippen LogP contribution in [0.25, 0.3) is 10.9 Å². The van der Waals surface area contributed by atoms with Crippen LogP contribution < -0.4 is 20.7 Å². The Morgan fingerprint density at radius 1 is 1.19 bits per heavy atom. The van der Waals surface area contributed by atoms with E-state index in [1.807, 2.05) is 11.4 Å². The normalized spacial score (nSPS) is 16.4. The highest BCUT2D eigenvalue weighted by Crippen LogP contribution is 2.37. The summed E-state index contributed by atoms with van der Waals surface area (Å²) in [6.07, 6.45) is 8.61. The number of carbonyl (C=O) groups is 2. The van der Waals surface area contributed by atoms with E-state index in [-0.39, 0.29) is 24.2 Å². The van der Waals surface area contributed by atoms with Gasteiger partial charge in [0.2, 0.25) is 5.91 Å². The third kappa shape index (κ3) is 6.86. The summed E-state index contributed by atoms with van der Waals surface area (Å²) in [5.41, 5.74) is 3.44. The van der Waals surface area contributed by atoms with Crippen LogP contribution in [-0.4, -0.2) is 59.0 Å². The first-order valence-corrected chi connectivity index (χ1v) is 14.9. The lowest BCUT2D eigenvalue weighted by Gasteiger charge is -2.19. The second kappa shape index (κ2) is 13.1. The van der Waals surface area contributed by atoms with E-state index in [0.29, 0.717) is 63.2 Å². The molecule has 3 aromatic heterocycles. The van der Waals surface area contributed by atoms with E-state index in [1.54, 1.807) is 36.7 Å². The van der Waals surface area contributed by atoms with Gasteiger partial charge in [0.05, 0.1) is 65.0 Å². The Morgan fingerprint density at radius 2 is 2.02 bits per heavy atom. The maximum absolute atomic E-state index is 13.1. The van der Waals surface area contributed by atoms with Crippen LogP contribution in [-0.2, 0) is 16.0 Å². The number of hydrogen-bond donors (Lipinski definition) is 3. The molecule has 2 aliphatic heterocycles. The number of ether oxygens (including phenoxy) is 2. The Bertz CT molecular complexity index is 1700. The van der Waals surface area contributed by atoms with Crippen molar-refractivity contribution in [3.8, 4) is 11.8 Å². The van der Waals surface area contributed by atoms with Gasteiger partial charge in [-0.25, -0.2) is 9.97 Å². The minimum atomic E-state index is -0.247. The van der Waals surface area contributed by atoms with Crippen LogP contribution in [0.4, 0.5) is 17.1 Å². The number of anilines is 3. The van der Waals surface area contributed by atoms with Gasteiger partial charge >= 0.3 is 0 Å². The number of nitriles is 1. The molecule has 1 atom stereocenters. The summed E-state index contributed by atoms with van der Waals surface area (Å²) < 4.78 is 11.7. The molecule has 5 heterocycles. The van der Waals surface area contributed by atoms with E-state index >= 15 is 0 Å². The Kier molecular flexibility index (Phi) is 8.65. The van der Waals surface area contributed by atoms with E-state index in [2.05, 4.69) is 37.0 Å². The lowest BCUT2D eigenvalue weighted by Crippen LogP contribution is -2.24. The average Bonchev–Trinajstić information content (AvgIpc) is 3.75. The molecule has 0 bridgehead atoms. The van der Waals surface area contributed by atoms with Crippen LogP contribution in [0.5, 0.6) is 5.75 Å². The fourth-order valence-electron chi connectivity index (χ4n) is 4.99. The van der Waals surface area contributed by atoms with Crippen LogP contribution in [0, 0.1) is 11.3 Å².